The van der Waals surface area contributed by atoms with Gasteiger partial charge in [-0.3, -0.25) is 4.90 Å². The summed E-state index contributed by atoms with van der Waals surface area (Å²) in [5.74, 6) is -0.0856. The summed E-state index contributed by atoms with van der Waals surface area (Å²) in [6.45, 7) is 4.49. The summed E-state index contributed by atoms with van der Waals surface area (Å²) in [4.78, 5) is 4.07. The van der Waals surface area contributed by atoms with Crippen molar-refractivity contribution in [3.63, 3.8) is 0 Å². The Morgan fingerprint density at radius 1 is 1.13 bits per heavy atom. The van der Waals surface area contributed by atoms with Crippen LogP contribution in [0.25, 0.3) is 0 Å². The van der Waals surface area contributed by atoms with Crippen LogP contribution in [-0.4, -0.2) is 16.8 Å². The number of pyridine rings is 1. The number of nitrogens with zero attached hydrogens (tertiary/aromatic N) is 2. The highest BCUT2D eigenvalue weighted by atomic mass is 19.4. The van der Waals surface area contributed by atoms with Gasteiger partial charge in [0.25, 0.3) is 0 Å². The van der Waals surface area contributed by atoms with Crippen molar-refractivity contribution in [3.8, 4) is 0 Å². The Labute approximate surface area is 86.7 Å². The van der Waals surface area contributed by atoms with E-state index in [4.69, 9.17) is 0 Å². The first-order valence-electron chi connectivity index (χ1n) is 4.51. The lowest BCUT2D eigenvalue weighted by molar-refractivity contribution is -0.140. The Balaban J connectivity index is 3.15. The molecule has 0 saturated carbocycles. The summed E-state index contributed by atoms with van der Waals surface area (Å²) in [5.41, 5.74) is -1.05. The number of hydrogen-bond donors (Lipinski definition) is 0. The van der Waals surface area contributed by atoms with Crippen LogP contribution < -0.4 is 4.90 Å². The molecule has 1 aromatic heterocycles. The molecular formula is C10H13F3N2. The molecule has 1 aromatic rings. The Bertz CT molecular complexity index is 300. The number of rotatable bonds is 1. The number of anilines is 1. The molecule has 0 bridgehead atoms. The van der Waals surface area contributed by atoms with Crippen molar-refractivity contribution < 1.29 is 13.2 Å². The molecule has 0 aromatic carbocycles. The molecule has 0 unspecified atom stereocenters. The van der Waals surface area contributed by atoms with Crippen molar-refractivity contribution in [2.75, 3.05) is 4.90 Å². The maximum absolute atomic E-state index is 12.8. The summed E-state index contributed by atoms with van der Waals surface area (Å²) in [5, 5.41) is 0. The Morgan fingerprint density at radius 2 is 1.73 bits per heavy atom. The molecule has 0 amide bonds. The third kappa shape index (κ3) is 2.84. The van der Waals surface area contributed by atoms with Gasteiger partial charge in [0.2, 0.25) is 0 Å². The van der Waals surface area contributed by atoms with Crippen LogP contribution >= 0.6 is 0 Å². The minimum Gasteiger partial charge on any atom is -0.263 e. The number of aromatic nitrogens is 1. The van der Waals surface area contributed by atoms with E-state index in [-0.39, 0.29) is 5.82 Å². The maximum Gasteiger partial charge on any atom is 0.486 e. The van der Waals surface area contributed by atoms with Crippen LogP contribution in [0.3, 0.4) is 0 Å². The van der Waals surface area contributed by atoms with Crippen LogP contribution in [0.2, 0.25) is 0 Å². The van der Waals surface area contributed by atoms with Crippen molar-refractivity contribution >= 4 is 5.82 Å². The minimum atomic E-state index is -4.42. The molecule has 1 heterocycles. The molecule has 0 saturated heterocycles. The van der Waals surface area contributed by atoms with Crippen LogP contribution in [0.15, 0.2) is 24.4 Å². The largest absolute Gasteiger partial charge is 0.486 e. The fourth-order valence-electron chi connectivity index (χ4n) is 1.34. The van der Waals surface area contributed by atoms with Gasteiger partial charge >= 0.3 is 6.30 Å². The predicted octanol–water partition coefficient (Wildman–Crippen LogP) is 3.21. The van der Waals surface area contributed by atoms with Crippen molar-refractivity contribution in [1.29, 1.82) is 0 Å². The highest BCUT2D eigenvalue weighted by molar-refractivity contribution is 5.41. The van der Waals surface area contributed by atoms with Crippen LogP contribution in [0, 0.1) is 0 Å². The Hall–Kier alpha value is -1.26. The SMILES string of the molecule is CC(C)(C)N(c1ccccn1)C(F)(F)F. The summed E-state index contributed by atoms with van der Waals surface area (Å²) in [6.07, 6.45) is -3.08. The monoisotopic (exact) mass is 218 g/mol. The van der Waals surface area contributed by atoms with E-state index in [1.807, 2.05) is 0 Å². The van der Waals surface area contributed by atoms with Gasteiger partial charge in [0.15, 0.2) is 0 Å². The second kappa shape index (κ2) is 3.72. The average molecular weight is 218 g/mol. The summed E-state index contributed by atoms with van der Waals surface area (Å²) >= 11 is 0. The molecule has 2 nitrogen and oxygen atoms in total. The van der Waals surface area contributed by atoms with E-state index in [1.54, 1.807) is 6.07 Å². The van der Waals surface area contributed by atoms with Gasteiger partial charge in [0, 0.05) is 11.7 Å². The quantitative estimate of drug-likeness (QED) is 0.673. The first-order chi connectivity index (χ1) is 6.73. The van der Waals surface area contributed by atoms with E-state index in [0.717, 1.165) is 0 Å². The summed E-state index contributed by atoms with van der Waals surface area (Å²) in [7, 11) is 0. The first-order valence-corrected chi connectivity index (χ1v) is 4.51. The molecule has 0 radical (unpaired) electrons. The van der Waals surface area contributed by atoms with Crippen molar-refractivity contribution in [2.45, 2.75) is 32.6 Å². The van der Waals surface area contributed by atoms with Gasteiger partial charge in [-0.15, -0.1) is 0 Å². The average Bonchev–Trinajstić information content (AvgIpc) is 2.00. The highest BCUT2D eigenvalue weighted by Gasteiger charge is 2.44. The fraction of sp³-hybridized carbons (Fsp3) is 0.500. The van der Waals surface area contributed by atoms with Gasteiger partial charge in [0.1, 0.15) is 5.82 Å². The van der Waals surface area contributed by atoms with E-state index >= 15 is 0 Å². The molecule has 5 heteroatoms. The molecule has 84 valence electrons. The Morgan fingerprint density at radius 3 is 2.07 bits per heavy atom. The summed E-state index contributed by atoms with van der Waals surface area (Å²) < 4.78 is 38.4. The first kappa shape index (κ1) is 11.8. The molecule has 0 fully saturated rings. The van der Waals surface area contributed by atoms with Gasteiger partial charge in [-0.1, -0.05) is 6.07 Å². The van der Waals surface area contributed by atoms with E-state index in [1.165, 1.54) is 39.1 Å². The van der Waals surface area contributed by atoms with Crippen molar-refractivity contribution in [2.24, 2.45) is 0 Å². The lowest BCUT2D eigenvalue weighted by Gasteiger charge is -2.37. The van der Waals surface area contributed by atoms with Crippen molar-refractivity contribution in [1.82, 2.24) is 4.98 Å². The third-order valence-electron chi connectivity index (χ3n) is 1.80. The maximum atomic E-state index is 12.8. The van der Waals surface area contributed by atoms with Crippen LogP contribution in [0.5, 0.6) is 0 Å². The topological polar surface area (TPSA) is 16.1 Å². The second-order valence-electron chi connectivity index (χ2n) is 4.16. The van der Waals surface area contributed by atoms with Crippen molar-refractivity contribution in [3.05, 3.63) is 24.4 Å². The van der Waals surface area contributed by atoms with E-state index in [2.05, 4.69) is 4.98 Å². The number of alkyl halides is 3. The molecule has 0 N–H and O–H groups in total. The molecule has 0 aliphatic heterocycles. The van der Waals surface area contributed by atoms with Gasteiger partial charge in [-0.05, 0) is 32.9 Å². The second-order valence-corrected chi connectivity index (χ2v) is 4.16. The van der Waals surface area contributed by atoms with Gasteiger partial charge in [0.05, 0.1) is 0 Å². The Kier molecular flexibility index (Phi) is 2.93. The zero-order chi connectivity index (χ0) is 11.7. The van der Waals surface area contributed by atoms with E-state index in [9.17, 15) is 13.2 Å². The zero-order valence-corrected chi connectivity index (χ0v) is 8.84. The third-order valence-corrected chi connectivity index (χ3v) is 1.80. The smallest absolute Gasteiger partial charge is 0.263 e. The van der Waals surface area contributed by atoms with Gasteiger partial charge in [-0.25, -0.2) is 4.98 Å². The van der Waals surface area contributed by atoms with Crippen LogP contribution in [0.1, 0.15) is 20.8 Å². The standard InChI is InChI=1S/C10H13F3N2/c1-9(2,3)15(10(11,12)13)8-6-4-5-7-14-8/h4-7H,1-3H3. The van der Waals surface area contributed by atoms with Gasteiger partial charge < -0.3 is 0 Å². The molecule has 0 spiro atoms. The molecule has 0 aliphatic rings. The molecule has 0 aliphatic carbocycles. The van der Waals surface area contributed by atoms with Gasteiger partial charge in [-0.2, -0.15) is 13.2 Å². The van der Waals surface area contributed by atoms with E-state index < -0.39 is 11.8 Å². The minimum absolute atomic E-state index is 0.0856. The van der Waals surface area contributed by atoms with Crippen LogP contribution in [0.4, 0.5) is 19.0 Å². The number of hydrogen-bond acceptors (Lipinski definition) is 2. The zero-order valence-electron chi connectivity index (χ0n) is 8.84. The fourth-order valence-corrected chi connectivity index (χ4v) is 1.34. The van der Waals surface area contributed by atoms with Crippen LogP contribution in [-0.2, 0) is 0 Å². The highest BCUT2D eigenvalue weighted by Crippen LogP contribution is 2.33. The summed E-state index contributed by atoms with van der Waals surface area (Å²) in [6, 6.07) is 4.46. The number of halogens is 3. The molecule has 15 heavy (non-hydrogen) atoms. The molecule has 1 rings (SSSR count). The molecule has 0 atom stereocenters. The lowest BCUT2D eigenvalue weighted by atomic mass is 10.1. The molecular weight excluding hydrogens is 205 g/mol. The lowest BCUT2D eigenvalue weighted by Crippen LogP contribution is -2.51. The van der Waals surface area contributed by atoms with E-state index in [0.29, 0.717) is 4.90 Å². The normalized spacial score (nSPS) is 12.7. The predicted molar refractivity (Wildman–Crippen MR) is 52.5 cm³/mol.